The number of hydrogen-bond donors (Lipinski definition) is 0. The van der Waals surface area contributed by atoms with Gasteiger partial charge < -0.3 is 0 Å². The minimum absolute atomic E-state index is 0.170. The van der Waals surface area contributed by atoms with Gasteiger partial charge in [-0.2, -0.15) is 19.3 Å². The van der Waals surface area contributed by atoms with Gasteiger partial charge in [0.05, 0.1) is 22.8 Å². The number of piperidine rings is 1. The van der Waals surface area contributed by atoms with Crippen LogP contribution in [0.5, 0.6) is 0 Å². The third-order valence-electron chi connectivity index (χ3n) is 3.33. The second-order valence-electron chi connectivity index (χ2n) is 4.54. The van der Waals surface area contributed by atoms with Crippen molar-refractivity contribution in [3.8, 4) is 0 Å². The first-order chi connectivity index (χ1) is 9.57. The van der Waals surface area contributed by atoms with Crippen molar-refractivity contribution in [2.45, 2.75) is 23.1 Å². The van der Waals surface area contributed by atoms with E-state index in [9.17, 15) is 8.42 Å². The van der Waals surface area contributed by atoms with Gasteiger partial charge in [-0.25, -0.2) is 8.42 Å². The summed E-state index contributed by atoms with van der Waals surface area (Å²) in [4.78, 5) is 1.66. The maximum Gasteiger partial charge on any atom is 0.252 e. The molecule has 2 aromatic heterocycles. The minimum Gasteiger partial charge on any atom is -0.206 e. The summed E-state index contributed by atoms with van der Waals surface area (Å²) in [6.45, 7) is 0.952. The maximum absolute atomic E-state index is 12.4. The van der Waals surface area contributed by atoms with E-state index in [1.54, 1.807) is 29.3 Å². The van der Waals surface area contributed by atoms with Crippen LogP contribution in [0, 0.1) is 0 Å². The van der Waals surface area contributed by atoms with Crippen molar-refractivity contribution in [2.24, 2.45) is 0 Å². The molecule has 0 spiro atoms. The molecule has 0 atom stereocenters. The third kappa shape index (κ3) is 2.60. The molecule has 9 heteroatoms. The Bertz CT molecular complexity index is 675. The molecule has 0 bridgehead atoms. The van der Waals surface area contributed by atoms with Crippen molar-refractivity contribution in [3.63, 3.8) is 0 Å². The van der Waals surface area contributed by atoms with E-state index in [4.69, 9.17) is 11.6 Å². The molecular weight excluding hydrogens is 320 g/mol. The molecule has 0 aliphatic carbocycles. The highest BCUT2D eigenvalue weighted by molar-refractivity contribution is 7.91. The second-order valence-corrected chi connectivity index (χ2v) is 8.42. The van der Waals surface area contributed by atoms with Crippen LogP contribution in [0.1, 0.15) is 18.9 Å². The molecule has 0 radical (unpaired) electrons. The van der Waals surface area contributed by atoms with Crippen LogP contribution in [0.15, 0.2) is 28.7 Å². The number of halogens is 1. The summed E-state index contributed by atoms with van der Waals surface area (Å²) in [5.74, 6) is 0. The topological polar surface area (TPSA) is 68.1 Å². The van der Waals surface area contributed by atoms with Gasteiger partial charge in [0.2, 0.25) is 0 Å². The fraction of sp³-hybridized carbons (Fsp3) is 0.455. The highest BCUT2D eigenvalue weighted by atomic mass is 35.5. The SMILES string of the molecule is O=S(=O)(c1ccc(Cl)s1)N1CCC(n2nccn2)CC1. The Balaban J connectivity index is 1.72. The van der Waals surface area contributed by atoms with E-state index >= 15 is 0 Å². The Kier molecular flexibility index (Phi) is 3.80. The predicted molar refractivity (Wildman–Crippen MR) is 76.4 cm³/mol. The van der Waals surface area contributed by atoms with Gasteiger partial charge in [0.1, 0.15) is 4.21 Å². The summed E-state index contributed by atoms with van der Waals surface area (Å²) in [7, 11) is -3.42. The number of aromatic nitrogens is 3. The number of hydrogen-bond acceptors (Lipinski definition) is 5. The molecule has 1 aliphatic heterocycles. The smallest absolute Gasteiger partial charge is 0.206 e. The quantitative estimate of drug-likeness (QED) is 0.862. The molecule has 2 aromatic rings. The third-order valence-corrected chi connectivity index (χ3v) is 6.93. The zero-order chi connectivity index (χ0) is 14.2. The molecule has 0 unspecified atom stereocenters. The summed E-state index contributed by atoms with van der Waals surface area (Å²) in [5, 5.41) is 8.22. The molecule has 0 N–H and O–H groups in total. The molecule has 1 fully saturated rings. The summed E-state index contributed by atoms with van der Waals surface area (Å²) in [5.41, 5.74) is 0. The van der Waals surface area contributed by atoms with Gasteiger partial charge in [0.25, 0.3) is 10.0 Å². The molecule has 1 saturated heterocycles. The van der Waals surface area contributed by atoms with Crippen molar-refractivity contribution >= 4 is 33.0 Å². The molecular formula is C11H13ClN4O2S2. The molecule has 0 saturated carbocycles. The van der Waals surface area contributed by atoms with Gasteiger partial charge in [-0.05, 0) is 25.0 Å². The van der Waals surface area contributed by atoms with Crippen LogP contribution in [0.3, 0.4) is 0 Å². The van der Waals surface area contributed by atoms with Crippen LogP contribution < -0.4 is 0 Å². The van der Waals surface area contributed by atoms with E-state index in [0.29, 0.717) is 34.5 Å². The van der Waals surface area contributed by atoms with Crippen molar-refractivity contribution < 1.29 is 8.42 Å². The van der Waals surface area contributed by atoms with Crippen molar-refractivity contribution in [3.05, 3.63) is 28.9 Å². The Morgan fingerprint density at radius 2 is 1.85 bits per heavy atom. The lowest BCUT2D eigenvalue weighted by molar-refractivity contribution is 0.245. The van der Waals surface area contributed by atoms with Crippen LogP contribution >= 0.6 is 22.9 Å². The van der Waals surface area contributed by atoms with Gasteiger partial charge >= 0.3 is 0 Å². The van der Waals surface area contributed by atoms with E-state index in [1.807, 2.05) is 0 Å². The first kappa shape index (κ1) is 14.0. The summed E-state index contributed by atoms with van der Waals surface area (Å²) >= 11 is 6.90. The molecule has 3 rings (SSSR count). The molecule has 1 aliphatic rings. The number of sulfonamides is 1. The van der Waals surface area contributed by atoms with Crippen molar-refractivity contribution in [2.75, 3.05) is 13.1 Å². The summed E-state index contributed by atoms with van der Waals surface area (Å²) in [6.07, 6.45) is 4.70. The van der Waals surface area contributed by atoms with E-state index < -0.39 is 10.0 Å². The second kappa shape index (κ2) is 5.44. The largest absolute Gasteiger partial charge is 0.252 e. The monoisotopic (exact) mass is 332 g/mol. The van der Waals surface area contributed by atoms with Gasteiger partial charge in [0.15, 0.2) is 0 Å². The average Bonchev–Trinajstić information content (AvgIpc) is 3.10. The zero-order valence-electron chi connectivity index (χ0n) is 10.5. The molecule has 0 amide bonds. The number of rotatable bonds is 3. The minimum atomic E-state index is -3.42. The summed E-state index contributed by atoms with van der Waals surface area (Å²) in [6, 6.07) is 3.34. The highest BCUT2D eigenvalue weighted by Gasteiger charge is 2.31. The Morgan fingerprint density at radius 3 is 2.40 bits per heavy atom. The van der Waals surface area contributed by atoms with Crippen molar-refractivity contribution in [1.29, 1.82) is 0 Å². The van der Waals surface area contributed by atoms with Gasteiger partial charge in [-0.3, -0.25) is 0 Å². The Hall–Kier alpha value is -0.960. The van der Waals surface area contributed by atoms with E-state index in [0.717, 1.165) is 11.3 Å². The summed E-state index contributed by atoms with van der Waals surface area (Å²) < 4.78 is 27.2. The fourth-order valence-electron chi connectivity index (χ4n) is 2.29. The lowest BCUT2D eigenvalue weighted by Gasteiger charge is -2.30. The highest BCUT2D eigenvalue weighted by Crippen LogP contribution is 2.31. The number of nitrogens with zero attached hydrogens (tertiary/aromatic N) is 4. The first-order valence-electron chi connectivity index (χ1n) is 6.18. The van der Waals surface area contributed by atoms with Gasteiger partial charge in [0, 0.05) is 13.1 Å². The van der Waals surface area contributed by atoms with E-state index in [1.165, 1.54) is 4.31 Å². The van der Waals surface area contributed by atoms with Crippen LogP contribution in [0.2, 0.25) is 4.34 Å². The van der Waals surface area contributed by atoms with E-state index in [-0.39, 0.29) is 6.04 Å². The zero-order valence-corrected chi connectivity index (χ0v) is 12.9. The van der Waals surface area contributed by atoms with Crippen LogP contribution in [-0.2, 0) is 10.0 Å². The molecule has 108 valence electrons. The van der Waals surface area contributed by atoms with E-state index in [2.05, 4.69) is 10.2 Å². The number of thiophene rings is 1. The first-order valence-corrected chi connectivity index (χ1v) is 8.82. The maximum atomic E-state index is 12.4. The molecule has 20 heavy (non-hydrogen) atoms. The standard InChI is InChI=1S/C11H13ClN4O2S2/c12-10-1-2-11(19-10)20(17,18)15-7-3-9(4-8-15)16-13-5-6-14-16/h1-2,5-6,9H,3-4,7-8H2. The molecule has 6 nitrogen and oxygen atoms in total. The average molecular weight is 333 g/mol. The Morgan fingerprint density at radius 1 is 1.20 bits per heavy atom. The van der Waals surface area contributed by atoms with Gasteiger partial charge in [-0.15, -0.1) is 11.3 Å². The predicted octanol–water partition coefficient (Wildman–Crippen LogP) is 2.02. The Labute approximate surface area is 126 Å². The lowest BCUT2D eigenvalue weighted by atomic mass is 10.1. The fourth-order valence-corrected chi connectivity index (χ4v) is 5.40. The van der Waals surface area contributed by atoms with Crippen LogP contribution in [0.25, 0.3) is 0 Å². The molecule has 0 aromatic carbocycles. The van der Waals surface area contributed by atoms with Crippen molar-refractivity contribution in [1.82, 2.24) is 19.3 Å². The van der Waals surface area contributed by atoms with Crippen LogP contribution in [0.4, 0.5) is 0 Å². The lowest BCUT2D eigenvalue weighted by Crippen LogP contribution is -2.39. The van der Waals surface area contributed by atoms with Crippen LogP contribution in [-0.4, -0.2) is 40.8 Å². The normalized spacial score (nSPS) is 18.4. The molecule has 3 heterocycles. The van der Waals surface area contributed by atoms with Gasteiger partial charge in [-0.1, -0.05) is 11.6 Å².